The highest BCUT2D eigenvalue weighted by atomic mass is 16.1. The van der Waals surface area contributed by atoms with Gasteiger partial charge < -0.3 is 5.32 Å². The molecule has 0 spiro atoms. The van der Waals surface area contributed by atoms with Crippen LogP contribution in [0.1, 0.15) is 27.0 Å². The van der Waals surface area contributed by atoms with Gasteiger partial charge in [-0.25, -0.2) is 0 Å². The minimum atomic E-state index is -0.293. The van der Waals surface area contributed by atoms with Crippen molar-refractivity contribution < 1.29 is 4.79 Å². The fraction of sp³-hybridized carbons (Fsp3) is 0.158. The zero-order valence-corrected chi connectivity index (χ0v) is 13.0. The summed E-state index contributed by atoms with van der Waals surface area (Å²) in [7, 11) is 1.66. The van der Waals surface area contributed by atoms with E-state index < -0.39 is 0 Å². The molecule has 1 N–H and O–H groups in total. The van der Waals surface area contributed by atoms with Gasteiger partial charge in [0.15, 0.2) is 5.78 Å². The van der Waals surface area contributed by atoms with E-state index in [0.29, 0.717) is 5.69 Å². The molecule has 3 nitrogen and oxygen atoms in total. The van der Waals surface area contributed by atoms with Gasteiger partial charge in [0.1, 0.15) is 0 Å². The summed E-state index contributed by atoms with van der Waals surface area (Å²) in [6.07, 6.45) is 3.22. The Morgan fingerprint density at radius 3 is 2.55 bits per heavy atom. The highest BCUT2D eigenvalue weighted by Gasteiger charge is 2.08. The van der Waals surface area contributed by atoms with E-state index in [1.165, 1.54) is 6.08 Å². The second kappa shape index (κ2) is 6.85. The minimum absolute atomic E-state index is 0.163. The molecular weight excluding hydrogens is 274 g/mol. The third-order valence-corrected chi connectivity index (χ3v) is 3.51. The number of benzene rings is 1. The van der Waals surface area contributed by atoms with Crippen LogP contribution < -0.4 is 10.7 Å². The maximum absolute atomic E-state index is 12.3. The van der Waals surface area contributed by atoms with E-state index in [1.54, 1.807) is 37.4 Å². The van der Waals surface area contributed by atoms with Gasteiger partial charge in [-0.1, -0.05) is 42.0 Å². The number of aryl methyl sites for hydroxylation is 2. The molecule has 2 aromatic carbocycles. The normalized spacial score (nSPS) is 10.7. The van der Waals surface area contributed by atoms with Crippen molar-refractivity contribution in [3.63, 3.8) is 0 Å². The molecule has 0 bridgehead atoms. The first kappa shape index (κ1) is 15.7. The van der Waals surface area contributed by atoms with Crippen LogP contribution in [0.4, 0.5) is 5.69 Å². The molecule has 0 radical (unpaired) electrons. The van der Waals surface area contributed by atoms with Gasteiger partial charge in [-0.15, -0.1) is 0 Å². The van der Waals surface area contributed by atoms with Gasteiger partial charge in [0.25, 0.3) is 0 Å². The molecule has 0 saturated heterocycles. The number of rotatable bonds is 4. The maximum atomic E-state index is 12.3. The van der Waals surface area contributed by atoms with Crippen LogP contribution in [0.25, 0.3) is 6.08 Å². The van der Waals surface area contributed by atoms with Crippen molar-refractivity contribution in [3.05, 3.63) is 81.0 Å². The van der Waals surface area contributed by atoms with Crippen molar-refractivity contribution in [1.29, 1.82) is 0 Å². The van der Waals surface area contributed by atoms with E-state index in [4.69, 9.17) is 0 Å². The maximum Gasteiger partial charge on any atom is 0.212 e. The van der Waals surface area contributed by atoms with Gasteiger partial charge >= 0.3 is 0 Å². The van der Waals surface area contributed by atoms with Crippen LogP contribution in [0.3, 0.4) is 0 Å². The lowest BCUT2D eigenvalue weighted by atomic mass is 10.0. The molecule has 0 aliphatic carbocycles. The number of anilines is 1. The Bertz CT molecular complexity index is 792. The van der Waals surface area contributed by atoms with E-state index in [2.05, 4.69) is 5.32 Å². The van der Waals surface area contributed by atoms with E-state index in [-0.39, 0.29) is 16.8 Å². The quantitative estimate of drug-likeness (QED) is 0.692. The average Bonchev–Trinajstić information content (AvgIpc) is 2.69. The molecule has 0 heterocycles. The first-order chi connectivity index (χ1) is 10.5. The molecule has 0 saturated carbocycles. The Balaban J connectivity index is 2.38. The molecule has 0 unspecified atom stereocenters. The number of ketones is 1. The summed E-state index contributed by atoms with van der Waals surface area (Å²) in [4.78, 5) is 24.6. The molecule has 0 aliphatic heterocycles. The molecule has 0 fully saturated rings. The summed E-state index contributed by atoms with van der Waals surface area (Å²) in [5.41, 5.74) is 3.49. The van der Waals surface area contributed by atoms with Gasteiger partial charge in [-0.05, 0) is 43.2 Å². The first-order valence-electron chi connectivity index (χ1n) is 7.13. The summed E-state index contributed by atoms with van der Waals surface area (Å²) < 4.78 is 0. The predicted octanol–water partition coefficient (Wildman–Crippen LogP) is 3.60. The van der Waals surface area contributed by atoms with E-state index >= 15 is 0 Å². The number of allylic oxidation sites excluding steroid dienone is 1. The molecule has 112 valence electrons. The third-order valence-electron chi connectivity index (χ3n) is 3.51. The summed E-state index contributed by atoms with van der Waals surface area (Å²) in [6, 6.07) is 12.7. The SMILES string of the molecule is CNc1ccccc(C(=O)/C=C/c2cc(C)ccc2C)c1=O. The Kier molecular flexibility index (Phi) is 4.89. The fourth-order valence-corrected chi connectivity index (χ4v) is 2.19. The zero-order valence-electron chi connectivity index (χ0n) is 13.0. The molecule has 3 heteroatoms. The molecule has 22 heavy (non-hydrogen) atoms. The van der Waals surface area contributed by atoms with Crippen LogP contribution in [-0.4, -0.2) is 12.8 Å². The van der Waals surface area contributed by atoms with Crippen molar-refractivity contribution in [2.24, 2.45) is 0 Å². The Morgan fingerprint density at radius 2 is 1.82 bits per heavy atom. The second-order valence-corrected chi connectivity index (χ2v) is 5.18. The monoisotopic (exact) mass is 293 g/mol. The minimum Gasteiger partial charge on any atom is -0.385 e. The van der Waals surface area contributed by atoms with Crippen molar-refractivity contribution in [2.45, 2.75) is 13.8 Å². The number of carbonyl (C=O) groups is 1. The Labute approximate surface area is 130 Å². The van der Waals surface area contributed by atoms with Crippen LogP contribution in [0, 0.1) is 13.8 Å². The summed E-state index contributed by atoms with van der Waals surface area (Å²) in [5.74, 6) is -0.293. The summed E-state index contributed by atoms with van der Waals surface area (Å²) >= 11 is 0. The molecule has 0 amide bonds. The van der Waals surface area contributed by atoms with Crippen LogP contribution in [0.15, 0.2) is 53.3 Å². The number of hydrogen-bond acceptors (Lipinski definition) is 3. The number of carbonyl (C=O) groups excluding carboxylic acids is 1. The predicted molar refractivity (Wildman–Crippen MR) is 91.5 cm³/mol. The molecule has 2 aromatic rings. The van der Waals surface area contributed by atoms with Crippen molar-refractivity contribution in [1.82, 2.24) is 0 Å². The summed E-state index contributed by atoms with van der Waals surface area (Å²) in [5, 5.41) is 2.81. The largest absolute Gasteiger partial charge is 0.385 e. The smallest absolute Gasteiger partial charge is 0.212 e. The summed E-state index contributed by atoms with van der Waals surface area (Å²) in [6.45, 7) is 4.00. The molecule has 0 aromatic heterocycles. The van der Waals surface area contributed by atoms with Crippen molar-refractivity contribution in [2.75, 3.05) is 12.4 Å². The third kappa shape index (κ3) is 3.50. The topological polar surface area (TPSA) is 46.2 Å². The highest BCUT2D eigenvalue weighted by molar-refractivity contribution is 6.07. The van der Waals surface area contributed by atoms with Gasteiger partial charge in [0, 0.05) is 7.05 Å². The van der Waals surface area contributed by atoms with Crippen LogP contribution in [-0.2, 0) is 0 Å². The Hall–Kier alpha value is -2.68. The van der Waals surface area contributed by atoms with E-state index in [9.17, 15) is 9.59 Å². The van der Waals surface area contributed by atoms with Gasteiger partial charge in [0.05, 0.1) is 11.3 Å². The van der Waals surface area contributed by atoms with Crippen molar-refractivity contribution >= 4 is 17.5 Å². The lowest BCUT2D eigenvalue weighted by molar-refractivity contribution is 0.104. The standard InChI is InChI=1S/C19H19NO2/c1-13-8-9-14(2)15(12-13)10-11-18(21)16-6-4-5-7-17(20-3)19(16)22/h4-12H,1-3H3,(H,20,22)/b11-10+. The van der Waals surface area contributed by atoms with Crippen LogP contribution >= 0.6 is 0 Å². The van der Waals surface area contributed by atoms with E-state index in [0.717, 1.165) is 16.7 Å². The molecule has 0 aliphatic rings. The van der Waals surface area contributed by atoms with Crippen LogP contribution in [0.2, 0.25) is 0 Å². The van der Waals surface area contributed by atoms with Crippen LogP contribution in [0.5, 0.6) is 0 Å². The van der Waals surface area contributed by atoms with Gasteiger partial charge in [0.2, 0.25) is 5.43 Å². The number of nitrogens with one attached hydrogen (secondary N) is 1. The molecule has 0 atom stereocenters. The van der Waals surface area contributed by atoms with Gasteiger partial charge in [-0.2, -0.15) is 0 Å². The average molecular weight is 293 g/mol. The fourth-order valence-electron chi connectivity index (χ4n) is 2.19. The lowest BCUT2D eigenvalue weighted by Crippen LogP contribution is -2.14. The number of hydrogen-bond donors (Lipinski definition) is 1. The zero-order chi connectivity index (χ0) is 16.1. The first-order valence-corrected chi connectivity index (χ1v) is 7.13. The Morgan fingerprint density at radius 1 is 1.09 bits per heavy atom. The molecule has 2 rings (SSSR count). The highest BCUT2D eigenvalue weighted by Crippen LogP contribution is 2.13. The molecular formula is C19H19NO2. The lowest BCUT2D eigenvalue weighted by Gasteiger charge is -2.01. The van der Waals surface area contributed by atoms with Gasteiger partial charge in [-0.3, -0.25) is 9.59 Å². The van der Waals surface area contributed by atoms with E-state index in [1.807, 2.05) is 32.0 Å². The van der Waals surface area contributed by atoms with Crippen molar-refractivity contribution in [3.8, 4) is 0 Å². The second-order valence-electron chi connectivity index (χ2n) is 5.18.